The van der Waals surface area contributed by atoms with Gasteiger partial charge in [0.15, 0.2) is 0 Å². The van der Waals surface area contributed by atoms with E-state index >= 15 is 0 Å². The van der Waals surface area contributed by atoms with Crippen molar-refractivity contribution in [2.45, 2.75) is 104 Å². The van der Waals surface area contributed by atoms with Crippen molar-refractivity contribution in [3.8, 4) is 0 Å². The van der Waals surface area contributed by atoms with Crippen molar-refractivity contribution in [2.75, 3.05) is 6.54 Å². The average molecular weight is 296 g/mol. The highest BCUT2D eigenvalue weighted by Crippen LogP contribution is 2.45. The Morgan fingerprint density at radius 2 is 1.67 bits per heavy atom. The quantitative estimate of drug-likeness (QED) is 0.795. The van der Waals surface area contributed by atoms with E-state index in [1.54, 1.807) is 0 Å². The van der Waals surface area contributed by atoms with Gasteiger partial charge in [0.25, 0.3) is 0 Å². The van der Waals surface area contributed by atoms with E-state index in [-0.39, 0.29) is 11.1 Å². The van der Waals surface area contributed by atoms with Gasteiger partial charge >= 0.3 is 0 Å². The molecule has 1 saturated heterocycles. The molecule has 2 heteroatoms. The van der Waals surface area contributed by atoms with Crippen LogP contribution in [0, 0.1) is 11.3 Å². The smallest absolute Gasteiger partial charge is 0.0687 e. The average Bonchev–Trinajstić information content (AvgIpc) is 2.93. The van der Waals surface area contributed by atoms with Gasteiger partial charge in [-0.3, -0.25) is 0 Å². The van der Waals surface area contributed by atoms with Crippen molar-refractivity contribution in [1.82, 2.24) is 5.32 Å². The zero-order valence-electron chi connectivity index (χ0n) is 15.2. The Kier molecular flexibility index (Phi) is 5.10. The van der Waals surface area contributed by atoms with Crippen molar-refractivity contribution in [1.29, 1.82) is 0 Å². The molecule has 1 N–H and O–H groups in total. The molecule has 0 aromatic rings. The summed E-state index contributed by atoms with van der Waals surface area (Å²) in [6, 6.07) is 0. The minimum atomic E-state index is 0.201. The van der Waals surface area contributed by atoms with E-state index < -0.39 is 0 Å². The monoisotopic (exact) mass is 295 g/mol. The van der Waals surface area contributed by atoms with Crippen molar-refractivity contribution >= 4 is 0 Å². The Labute approximate surface area is 132 Å². The summed E-state index contributed by atoms with van der Waals surface area (Å²) in [7, 11) is 0. The van der Waals surface area contributed by atoms with Crippen LogP contribution in [0.15, 0.2) is 0 Å². The molecule has 1 saturated carbocycles. The molecule has 1 spiro atoms. The lowest BCUT2D eigenvalue weighted by Gasteiger charge is -2.36. The van der Waals surface area contributed by atoms with Gasteiger partial charge in [-0.05, 0) is 70.8 Å². The first-order valence-corrected chi connectivity index (χ1v) is 9.03. The third-order valence-electron chi connectivity index (χ3n) is 5.50. The van der Waals surface area contributed by atoms with Gasteiger partial charge in [0.2, 0.25) is 0 Å². The second-order valence-corrected chi connectivity index (χ2v) is 9.60. The van der Waals surface area contributed by atoms with Crippen molar-refractivity contribution < 1.29 is 4.74 Å². The van der Waals surface area contributed by atoms with Crippen LogP contribution in [-0.4, -0.2) is 23.8 Å². The standard InChI is InChI=1S/C19H37NO/c1-17(2,3)15(14-20-18(4,5)6)13-16-9-12-19(21-16)10-7-8-11-19/h15-16,20H,7-14H2,1-6H3. The fourth-order valence-electron chi connectivity index (χ4n) is 3.94. The minimum absolute atomic E-state index is 0.201. The Bertz CT molecular complexity index is 330. The first kappa shape index (κ1) is 17.3. The second-order valence-electron chi connectivity index (χ2n) is 9.60. The summed E-state index contributed by atoms with van der Waals surface area (Å²) in [6.45, 7) is 15.0. The van der Waals surface area contributed by atoms with Gasteiger partial charge in [-0.2, -0.15) is 0 Å². The van der Waals surface area contributed by atoms with Gasteiger partial charge in [0, 0.05) is 5.54 Å². The van der Waals surface area contributed by atoms with Gasteiger partial charge in [0.1, 0.15) is 0 Å². The molecule has 0 amide bonds. The van der Waals surface area contributed by atoms with Crippen LogP contribution in [-0.2, 0) is 4.74 Å². The largest absolute Gasteiger partial charge is 0.372 e. The van der Waals surface area contributed by atoms with Crippen LogP contribution in [0.2, 0.25) is 0 Å². The van der Waals surface area contributed by atoms with E-state index in [2.05, 4.69) is 46.9 Å². The van der Waals surface area contributed by atoms with Crippen LogP contribution in [0.4, 0.5) is 0 Å². The first-order valence-electron chi connectivity index (χ1n) is 9.03. The van der Waals surface area contributed by atoms with E-state index in [0.717, 1.165) is 6.54 Å². The minimum Gasteiger partial charge on any atom is -0.372 e. The summed E-state index contributed by atoms with van der Waals surface area (Å²) in [6.07, 6.45) is 9.67. The van der Waals surface area contributed by atoms with Gasteiger partial charge < -0.3 is 10.1 Å². The molecule has 124 valence electrons. The van der Waals surface area contributed by atoms with Crippen LogP contribution >= 0.6 is 0 Å². The van der Waals surface area contributed by atoms with E-state index in [1.807, 2.05) is 0 Å². The molecular formula is C19H37NO. The molecule has 2 nitrogen and oxygen atoms in total. The van der Waals surface area contributed by atoms with Crippen LogP contribution in [0.5, 0.6) is 0 Å². The molecule has 1 heterocycles. The summed E-state index contributed by atoms with van der Waals surface area (Å²) in [4.78, 5) is 0. The van der Waals surface area contributed by atoms with E-state index in [9.17, 15) is 0 Å². The van der Waals surface area contributed by atoms with Crippen molar-refractivity contribution in [3.63, 3.8) is 0 Å². The van der Waals surface area contributed by atoms with E-state index in [0.29, 0.717) is 17.4 Å². The summed E-state index contributed by atoms with van der Waals surface area (Å²) >= 11 is 0. The molecule has 1 aliphatic carbocycles. The molecule has 0 aromatic heterocycles. The summed E-state index contributed by atoms with van der Waals surface area (Å²) in [5.41, 5.74) is 0.824. The zero-order valence-corrected chi connectivity index (χ0v) is 15.2. The molecule has 1 aliphatic heterocycles. The summed E-state index contributed by atoms with van der Waals surface area (Å²) in [5, 5.41) is 3.71. The van der Waals surface area contributed by atoms with Crippen molar-refractivity contribution in [3.05, 3.63) is 0 Å². The maximum Gasteiger partial charge on any atom is 0.0687 e. The maximum absolute atomic E-state index is 6.54. The number of ether oxygens (including phenoxy) is 1. The van der Waals surface area contributed by atoms with E-state index in [1.165, 1.54) is 44.9 Å². The molecule has 2 rings (SSSR count). The van der Waals surface area contributed by atoms with Gasteiger partial charge in [0.05, 0.1) is 11.7 Å². The van der Waals surface area contributed by atoms with Gasteiger partial charge in [-0.25, -0.2) is 0 Å². The van der Waals surface area contributed by atoms with Crippen LogP contribution in [0.25, 0.3) is 0 Å². The highest BCUT2D eigenvalue weighted by Gasteiger charge is 2.43. The number of nitrogens with one attached hydrogen (secondary N) is 1. The first-order chi connectivity index (χ1) is 9.60. The molecule has 0 aromatic carbocycles. The summed E-state index contributed by atoms with van der Waals surface area (Å²) < 4.78 is 6.54. The number of rotatable bonds is 4. The van der Waals surface area contributed by atoms with Gasteiger partial charge in [-0.1, -0.05) is 33.6 Å². The summed E-state index contributed by atoms with van der Waals surface area (Å²) in [5.74, 6) is 0.679. The molecule has 21 heavy (non-hydrogen) atoms. The molecule has 0 bridgehead atoms. The lowest BCUT2D eigenvalue weighted by Crippen LogP contribution is -2.43. The molecular weight excluding hydrogens is 258 g/mol. The van der Waals surface area contributed by atoms with Gasteiger partial charge in [-0.15, -0.1) is 0 Å². The lowest BCUT2D eigenvalue weighted by molar-refractivity contribution is -0.0502. The maximum atomic E-state index is 6.54. The highest BCUT2D eigenvalue weighted by atomic mass is 16.5. The molecule has 2 fully saturated rings. The number of hydrogen-bond acceptors (Lipinski definition) is 2. The highest BCUT2D eigenvalue weighted by molar-refractivity contribution is 4.94. The predicted molar refractivity (Wildman–Crippen MR) is 90.6 cm³/mol. The SMILES string of the molecule is CC(C)(C)NCC(CC1CCC2(CCCC2)O1)C(C)(C)C. The third-order valence-corrected chi connectivity index (χ3v) is 5.50. The Morgan fingerprint density at radius 3 is 2.19 bits per heavy atom. The molecule has 2 aliphatic rings. The third kappa shape index (κ3) is 4.96. The molecule has 0 radical (unpaired) electrons. The molecule has 2 unspecified atom stereocenters. The predicted octanol–water partition coefficient (Wildman–Crippen LogP) is 4.92. The molecule has 2 atom stereocenters. The van der Waals surface area contributed by atoms with Crippen LogP contribution in [0.3, 0.4) is 0 Å². The Balaban J connectivity index is 1.90. The van der Waals surface area contributed by atoms with Crippen LogP contribution < -0.4 is 5.32 Å². The number of hydrogen-bond donors (Lipinski definition) is 1. The topological polar surface area (TPSA) is 21.3 Å². The Morgan fingerprint density at radius 1 is 1.05 bits per heavy atom. The van der Waals surface area contributed by atoms with Crippen LogP contribution in [0.1, 0.15) is 86.5 Å². The fourth-order valence-corrected chi connectivity index (χ4v) is 3.94. The second kappa shape index (κ2) is 6.20. The zero-order chi connectivity index (χ0) is 15.7. The normalized spacial score (nSPS) is 27.4. The van der Waals surface area contributed by atoms with Crippen molar-refractivity contribution in [2.24, 2.45) is 11.3 Å². The lowest BCUT2D eigenvalue weighted by atomic mass is 9.77. The Hall–Kier alpha value is -0.0800. The van der Waals surface area contributed by atoms with E-state index in [4.69, 9.17) is 4.74 Å². The fraction of sp³-hybridized carbons (Fsp3) is 1.00.